The topological polar surface area (TPSA) is 108 Å². The number of benzene rings is 3. The molecule has 0 fully saturated rings. The van der Waals surface area contributed by atoms with Gasteiger partial charge in [-0.2, -0.15) is 23.5 Å². The van der Waals surface area contributed by atoms with Crippen molar-refractivity contribution in [3.05, 3.63) is 107 Å². The molecule has 3 aromatic carbocycles. The van der Waals surface area contributed by atoms with E-state index in [1.165, 1.54) is 0 Å². The van der Waals surface area contributed by atoms with E-state index in [4.69, 9.17) is 36.0 Å². The van der Waals surface area contributed by atoms with Crippen LogP contribution >= 0.6 is 23.5 Å². The van der Waals surface area contributed by atoms with Crippen molar-refractivity contribution in [2.24, 2.45) is 0 Å². The lowest BCUT2D eigenvalue weighted by Gasteiger charge is -2.24. The number of hydrogen-bond donors (Lipinski definition) is 0. The van der Waals surface area contributed by atoms with Gasteiger partial charge >= 0.3 is 29.5 Å². The summed E-state index contributed by atoms with van der Waals surface area (Å²) in [6.07, 6.45) is 2.13. The molecule has 0 radical (unpaired) electrons. The van der Waals surface area contributed by atoms with Crippen LogP contribution in [0.2, 0.25) is 12.1 Å². The summed E-state index contributed by atoms with van der Waals surface area (Å²) in [5.41, 5.74) is 3.79. The molecule has 0 aromatic heterocycles. The van der Waals surface area contributed by atoms with Crippen molar-refractivity contribution in [2.75, 3.05) is 54.2 Å². The molecule has 0 amide bonds. The number of rotatable bonds is 26. The Balaban J connectivity index is 1.51. The van der Waals surface area contributed by atoms with Gasteiger partial charge in [0.2, 0.25) is 0 Å². The van der Waals surface area contributed by atoms with E-state index in [1.54, 1.807) is 66.2 Å². The fraction of sp³-hybridized carbons (Fsp3) is 0.474. The second-order valence-electron chi connectivity index (χ2n) is 11.9. The Morgan fingerprint density at radius 3 is 1.25 bits per heavy atom. The Hall–Kier alpha value is -2.51. The molecule has 2 unspecified atom stereocenters. The molecule has 0 aliphatic heterocycles. The predicted octanol–water partition coefficient (Wildman–Crippen LogP) is 8.04. The lowest BCUT2D eigenvalue weighted by atomic mass is 10.1. The second-order valence-corrected chi connectivity index (χ2v) is 20.7. The molecule has 0 aliphatic carbocycles. The molecule has 10 nitrogen and oxygen atoms in total. The predicted molar refractivity (Wildman–Crippen MR) is 211 cm³/mol. The van der Waals surface area contributed by atoms with Crippen LogP contribution in [0.1, 0.15) is 58.4 Å². The van der Waals surface area contributed by atoms with Crippen LogP contribution in [0.15, 0.2) is 84.9 Å². The minimum atomic E-state index is -2.65. The fourth-order valence-corrected chi connectivity index (χ4v) is 11.9. The third-order valence-electron chi connectivity index (χ3n) is 8.60. The van der Waals surface area contributed by atoms with Crippen LogP contribution in [0.5, 0.6) is 0 Å². The maximum absolute atomic E-state index is 13.1. The quantitative estimate of drug-likeness (QED) is 0.0446. The lowest BCUT2D eigenvalue weighted by molar-refractivity contribution is -0.145. The van der Waals surface area contributed by atoms with Crippen LogP contribution in [0.4, 0.5) is 0 Å². The number of carbonyl (C=O) groups excluding carboxylic acids is 2. The summed E-state index contributed by atoms with van der Waals surface area (Å²) in [6, 6.07) is 28.9. The highest BCUT2D eigenvalue weighted by Crippen LogP contribution is 2.35. The summed E-state index contributed by atoms with van der Waals surface area (Å²) in [6.45, 7) is 0.255. The Morgan fingerprint density at radius 1 is 0.538 bits per heavy atom. The molecule has 52 heavy (non-hydrogen) atoms. The first-order valence-corrected chi connectivity index (χ1v) is 23.2. The third-order valence-corrected chi connectivity index (χ3v) is 17.0. The van der Waals surface area contributed by atoms with Crippen molar-refractivity contribution in [1.29, 1.82) is 0 Å². The first kappa shape index (κ1) is 43.9. The summed E-state index contributed by atoms with van der Waals surface area (Å²) in [7, 11) is 4.39. The maximum Gasteiger partial charge on any atom is 0.500 e. The Kier molecular flexibility index (Phi) is 20.3. The third kappa shape index (κ3) is 14.7. The molecule has 0 saturated carbocycles. The first-order valence-electron chi connectivity index (χ1n) is 17.3. The molecule has 3 aromatic rings. The molecule has 0 aliphatic rings. The minimum Gasteiger partial charge on any atom is -0.461 e. The highest BCUT2D eigenvalue weighted by molar-refractivity contribution is 7.99. The molecule has 3 rings (SSSR count). The van der Waals surface area contributed by atoms with E-state index in [2.05, 4.69) is 0 Å². The van der Waals surface area contributed by atoms with Gasteiger partial charge in [-0.25, -0.2) is 0 Å². The van der Waals surface area contributed by atoms with E-state index in [-0.39, 0.29) is 48.5 Å². The molecule has 2 atom stereocenters. The molecule has 286 valence electrons. The van der Waals surface area contributed by atoms with Gasteiger partial charge in [0.1, 0.15) is 13.2 Å². The Bertz CT molecular complexity index is 1320. The monoisotopic (exact) mass is 790 g/mol. The Morgan fingerprint density at radius 2 is 0.904 bits per heavy atom. The molecule has 0 N–H and O–H groups in total. The highest BCUT2D eigenvalue weighted by atomic mass is 32.2. The van der Waals surface area contributed by atoms with Gasteiger partial charge in [-0.15, -0.1) is 0 Å². The summed E-state index contributed by atoms with van der Waals surface area (Å²) in [5, 5.41) is -0.116. The highest BCUT2D eigenvalue weighted by Gasteiger charge is 2.38. The van der Waals surface area contributed by atoms with Gasteiger partial charge in [0.15, 0.2) is 0 Å². The van der Waals surface area contributed by atoms with Gasteiger partial charge < -0.3 is 36.0 Å². The van der Waals surface area contributed by atoms with Crippen LogP contribution in [0.25, 0.3) is 0 Å². The van der Waals surface area contributed by atoms with Gasteiger partial charge in [0.05, 0.1) is 12.8 Å². The van der Waals surface area contributed by atoms with Crippen molar-refractivity contribution in [3.8, 4) is 0 Å². The smallest absolute Gasteiger partial charge is 0.461 e. The fourth-order valence-electron chi connectivity index (χ4n) is 5.58. The van der Waals surface area contributed by atoms with Gasteiger partial charge in [0, 0.05) is 65.2 Å². The van der Waals surface area contributed by atoms with E-state index < -0.39 is 17.6 Å². The number of hydrogen-bond acceptors (Lipinski definition) is 12. The van der Waals surface area contributed by atoms with Gasteiger partial charge in [-0.3, -0.25) is 9.59 Å². The van der Waals surface area contributed by atoms with E-state index >= 15 is 0 Å². The number of carbonyl (C=O) groups is 2. The van der Waals surface area contributed by atoms with Crippen molar-refractivity contribution in [3.63, 3.8) is 0 Å². The van der Waals surface area contributed by atoms with Gasteiger partial charge in [0.25, 0.3) is 0 Å². The largest absolute Gasteiger partial charge is 0.500 e. The zero-order valence-electron chi connectivity index (χ0n) is 31.2. The lowest BCUT2D eigenvalue weighted by Crippen LogP contribution is -2.42. The van der Waals surface area contributed by atoms with Crippen molar-refractivity contribution >= 4 is 53.1 Å². The zero-order valence-corrected chi connectivity index (χ0v) is 34.8. The number of thioether (sulfide) groups is 2. The van der Waals surface area contributed by atoms with Crippen molar-refractivity contribution in [2.45, 2.75) is 61.5 Å². The first-order chi connectivity index (χ1) is 25.2. The molecule has 0 bridgehead atoms. The molecule has 0 spiro atoms. The van der Waals surface area contributed by atoms with Crippen molar-refractivity contribution < 1.29 is 45.6 Å². The number of esters is 2. The molecular weight excluding hydrogens is 737 g/mol. The summed E-state index contributed by atoms with van der Waals surface area (Å²) >= 11 is 3.42. The molecule has 0 heterocycles. The maximum atomic E-state index is 13.1. The Labute approximate surface area is 320 Å². The van der Waals surface area contributed by atoms with Gasteiger partial charge in [-0.05, 0) is 52.7 Å². The van der Waals surface area contributed by atoms with Crippen LogP contribution in [-0.4, -0.2) is 83.7 Å². The van der Waals surface area contributed by atoms with Crippen LogP contribution in [-0.2, 0) is 58.8 Å². The standard InChI is InChI=1S/C38H54O10S2Si2/c1-41-51(42-2,43-3)24-14-22-49-35(33-18-9-7-10-19-33)27-37(39)47-29-31-16-13-17-32(26-31)30-48-38(40)28-36(34-20-11-8-12-21-34)50-23-15-25-52(44-4,45-5)46-6/h7-13,16-21,26,35-36H,14-15,22-25,27-30H2,1-6H3. The average Bonchev–Trinajstić information content (AvgIpc) is 3.20. The average molecular weight is 791 g/mol. The van der Waals surface area contributed by atoms with Gasteiger partial charge in [-0.1, -0.05) is 78.9 Å². The second kappa shape index (κ2) is 24.0. The van der Waals surface area contributed by atoms with E-state index in [0.717, 1.165) is 46.6 Å². The summed E-state index contributed by atoms with van der Waals surface area (Å²) in [5.74, 6) is 1.05. The van der Waals surface area contributed by atoms with Crippen LogP contribution < -0.4 is 0 Å². The van der Waals surface area contributed by atoms with E-state index in [0.29, 0.717) is 12.1 Å². The number of ether oxygens (including phenoxy) is 2. The van der Waals surface area contributed by atoms with Crippen LogP contribution in [0.3, 0.4) is 0 Å². The van der Waals surface area contributed by atoms with E-state index in [1.807, 2.05) is 84.9 Å². The normalized spacial score (nSPS) is 13.0. The van der Waals surface area contributed by atoms with Crippen LogP contribution in [0, 0.1) is 0 Å². The SMILES string of the molecule is CO[Si](CCCSC(CC(=O)OCc1cccc(COC(=O)CC(SCCC[Si](OC)(OC)OC)c2ccccc2)c1)c1ccccc1)(OC)OC. The molecule has 0 saturated heterocycles. The summed E-state index contributed by atoms with van der Waals surface area (Å²) < 4.78 is 44.7. The minimum absolute atomic E-state index is 0.0579. The molecule has 14 heteroatoms. The molecular formula is C38H54O10S2Si2. The van der Waals surface area contributed by atoms with Crippen molar-refractivity contribution in [1.82, 2.24) is 0 Å². The zero-order chi connectivity index (χ0) is 37.7. The van der Waals surface area contributed by atoms with E-state index in [9.17, 15) is 9.59 Å². The summed E-state index contributed by atoms with van der Waals surface area (Å²) in [4.78, 5) is 26.1.